The van der Waals surface area contributed by atoms with Crippen molar-refractivity contribution in [3.63, 3.8) is 0 Å². The van der Waals surface area contributed by atoms with Gasteiger partial charge in [0.2, 0.25) is 0 Å². The Balaban J connectivity index is 2.53. The molecule has 0 saturated heterocycles. The van der Waals surface area contributed by atoms with E-state index in [0.717, 1.165) is 16.4 Å². The lowest BCUT2D eigenvalue weighted by Gasteiger charge is -2.05. The normalized spacial score (nSPS) is 11.0. The quantitative estimate of drug-likeness (QED) is 0.672. The number of rotatable bonds is 1. The Kier molecular flexibility index (Phi) is 1.74. The van der Waals surface area contributed by atoms with Gasteiger partial charge in [-0.1, -0.05) is 6.07 Å². The molecule has 2 aromatic heterocycles. The number of hydrogen-bond donors (Lipinski definition) is 1. The first kappa shape index (κ1) is 8.97. The van der Waals surface area contributed by atoms with Crippen molar-refractivity contribution < 1.29 is 9.90 Å². The van der Waals surface area contributed by atoms with Crippen molar-refractivity contribution in [1.29, 1.82) is 0 Å². The zero-order valence-corrected chi connectivity index (χ0v) is 8.42. The van der Waals surface area contributed by atoms with Crippen LogP contribution in [0.2, 0.25) is 0 Å². The second-order valence-corrected chi connectivity index (χ2v) is 3.68. The maximum atomic E-state index is 11.1. The van der Waals surface area contributed by atoms with E-state index >= 15 is 0 Å². The summed E-state index contributed by atoms with van der Waals surface area (Å²) in [7, 11) is 0. The lowest BCUT2D eigenvalue weighted by molar-refractivity contribution is 0.0699. The molecule has 1 aromatic carbocycles. The van der Waals surface area contributed by atoms with Crippen molar-refractivity contribution in [2.45, 2.75) is 0 Å². The number of aromatic nitrogens is 1. The number of hydrogen-bond acceptors (Lipinski definition) is 1. The summed E-state index contributed by atoms with van der Waals surface area (Å²) >= 11 is 0. The minimum absolute atomic E-state index is 0.341. The van der Waals surface area contributed by atoms with Gasteiger partial charge in [-0.15, -0.1) is 0 Å². The molecular weight excluding hydrogens is 202 g/mol. The van der Waals surface area contributed by atoms with E-state index in [2.05, 4.69) is 0 Å². The van der Waals surface area contributed by atoms with Crippen molar-refractivity contribution in [3.8, 4) is 0 Å². The van der Waals surface area contributed by atoms with E-state index in [4.69, 9.17) is 5.11 Å². The molecule has 0 amide bonds. The fourth-order valence-corrected chi connectivity index (χ4v) is 2.04. The molecule has 0 saturated carbocycles. The molecule has 0 spiro atoms. The monoisotopic (exact) mass is 211 g/mol. The number of fused-ring (bicyclic) bond motifs is 3. The lowest BCUT2D eigenvalue weighted by atomic mass is 10.1. The number of nitrogens with zero attached hydrogens (tertiary/aromatic N) is 1. The van der Waals surface area contributed by atoms with E-state index in [9.17, 15) is 4.79 Å². The molecule has 0 aliphatic rings. The van der Waals surface area contributed by atoms with E-state index in [-0.39, 0.29) is 0 Å². The number of pyridine rings is 1. The van der Waals surface area contributed by atoms with Crippen LogP contribution in [-0.2, 0) is 0 Å². The van der Waals surface area contributed by atoms with Crippen molar-refractivity contribution >= 4 is 22.4 Å². The molecule has 16 heavy (non-hydrogen) atoms. The summed E-state index contributed by atoms with van der Waals surface area (Å²) in [4.78, 5) is 11.1. The molecule has 0 aliphatic carbocycles. The summed E-state index contributed by atoms with van der Waals surface area (Å²) in [5.41, 5.74) is 2.32. The Morgan fingerprint density at radius 2 is 1.94 bits per heavy atom. The Labute approximate surface area is 91.6 Å². The van der Waals surface area contributed by atoms with Crippen LogP contribution < -0.4 is 0 Å². The van der Waals surface area contributed by atoms with Gasteiger partial charge in [0.25, 0.3) is 0 Å². The van der Waals surface area contributed by atoms with Crippen LogP contribution in [0, 0.1) is 0 Å². The topological polar surface area (TPSA) is 41.7 Å². The average molecular weight is 211 g/mol. The van der Waals surface area contributed by atoms with Gasteiger partial charge in [-0.3, -0.25) is 0 Å². The zero-order valence-electron chi connectivity index (χ0n) is 8.42. The van der Waals surface area contributed by atoms with Crippen LogP contribution >= 0.6 is 0 Å². The van der Waals surface area contributed by atoms with E-state index in [1.165, 1.54) is 0 Å². The molecule has 3 rings (SSSR count). The first-order chi connectivity index (χ1) is 7.77. The van der Waals surface area contributed by atoms with Gasteiger partial charge in [0.1, 0.15) is 0 Å². The predicted octanol–water partition coefficient (Wildman–Crippen LogP) is 2.79. The highest BCUT2D eigenvalue weighted by molar-refractivity contribution is 6.03. The molecule has 0 radical (unpaired) electrons. The standard InChI is InChI=1S/C13H9NO2/c15-13(16)11-4-1-5-12-10(11)7-6-9-3-2-8-14(9)12/h1-8H,(H,15,16). The SMILES string of the molecule is O=C(O)c1cccc2c1ccc1cccn12. The first-order valence-corrected chi connectivity index (χ1v) is 4.99. The molecule has 3 nitrogen and oxygen atoms in total. The third kappa shape index (κ3) is 1.11. The average Bonchev–Trinajstić information content (AvgIpc) is 2.76. The van der Waals surface area contributed by atoms with Crippen LogP contribution in [0.3, 0.4) is 0 Å². The first-order valence-electron chi connectivity index (χ1n) is 4.99. The summed E-state index contributed by atoms with van der Waals surface area (Å²) in [6, 6.07) is 13.0. The Morgan fingerprint density at radius 1 is 1.06 bits per heavy atom. The minimum Gasteiger partial charge on any atom is -0.478 e. The summed E-state index contributed by atoms with van der Waals surface area (Å²) < 4.78 is 1.99. The number of carbonyl (C=O) groups is 1. The molecule has 0 fully saturated rings. The highest BCUT2D eigenvalue weighted by atomic mass is 16.4. The summed E-state index contributed by atoms with van der Waals surface area (Å²) in [6.45, 7) is 0. The third-order valence-corrected chi connectivity index (χ3v) is 2.77. The molecule has 1 N–H and O–H groups in total. The largest absolute Gasteiger partial charge is 0.478 e. The van der Waals surface area contributed by atoms with E-state index < -0.39 is 5.97 Å². The third-order valence-electron chi connectivity index (χ3n) is 2.77. The highest BCUT2D eigenvalue weighted by Gasteiger charge is 2.09. The molecule has 0 atom stereocenters. The van der Waals surface area contributed by atoms with Crippen LogP contribution in [-0.4, -0.2) is 15.5 Å². The van der Waals surface area contributed by atoms with Gasteiger partial charge < -0.3 is 9.51 Å². The smallest absolute Gasteiger partial charge is 0.336 e. The minimum atomic E-state index is -0.892. The van der Waals surface area contributed by atoms with Crippen molar-refractivity contribution in [3.05, 3.63) is 54.2 Å². The van der Waals surface area contributed by atoms with E-state index in [1.54, 1.807) is 12.1 Å². The van der Waals surface area contributed by atoms with E-state index in [0.29, 0.717) is 5.56 Å². The molecule has 0 unspecified atom stereocenters. The van der Waals surface area contributed by atoms with Crippen LogP contribution in [0.15, 0.2) is 48.7 Å². The van der Waals surface area contributed by atoms with Gasteiger partial charge in [-0.25, -0.2) is 4.79 Å². The maximum absolute atomic E-state index is 11.1. The van der Waals surface area contributed by atoms with Gasteiger partial charge in [0.15, 0.2) is 0 Å². The molecule has 0 bridgehead atoms. The van der Waals surface area contributed by atoms with E-state index in [1.807, 2.05) is 40.9 Å². The molecule has 2 heterocycles. The summed E-state index contributed by atoms with van der Waals surface area (Å²) in [5, 5.41) is 9.86. The lowest BCUT2D eigenvalue weighted by Crippen LogP contribution is -1.98. The summed E-state index contributed by atoms with van der Waals surface area (Å²) in [5.74, 6) is -0.892. The number of benzene rings is 1. The molecule has 3 aromatic rings. The van der Waals surface area contributed by atoms with Crippen LogP contribution in [0.25, 0.3) is 16.4 Å². The van der Waals surface area contributed by atoms with Gasteiger partial charge in [-0.2, -0.15) is 0 Å². The van der Waals surface area contributed by atoms with Gasteiger partial charge in [-0.05, 0) is 36.4 Å². The van der Waals surface area contributed by atoms with Gasteiger partial charge >= 0.3 is 5.97 Å². The second-order valence-electron chi connectivity index (χ2n) is 3.68. The van der Waals surface area contributed by atoms with Crippen LogP contribution in [0.4, 0.5) is 0 Å². The number of aromatic carboxylic acids is 1. The van der Waals surface area contributed by atoms with Crippen LogP contribution in [0.5, 0.6) is 0 Å². The fourth-order valence-electron chi connectivity index (χ4n) is 2.04. The predicted molar refractivity (Wildman–Crippen MR) is 61.9 cm³/mol. The molecular formula is C13H9NO2. The molecule has 3 heteroatoms. The molecule has 0 aliphatic heterocycles. The fraction of sp³-hybridized carbons (Fsp3) is 0. The van der Waals surface area contributed by atoms with Gasteiger partial charge in [0, 0.05) is 17.1 Å². The molecule has 78 valence electrons. The Hall–Kier alpha value is -2.29. The zero-order chi connectivity index (χ0) is 11.1. The van der Waals surface area contributed by atoms with Crippen molar-refractivity contribution in [1.82, 2.24) is 4.40 Å². The number of carboxylic acid groups (broad SMARTS) is 1. The number of carboxylic acids is 1. The van der Waals surface area contributed by atoms with Crippen molar-refractivity contribution in [2.75, 3.05) is 0 Å². The Bertz CT molecular complexity index is 697. The Morgan fingerprint density at radius 3 is 2.75 bits per heavy atom. The van der Waals surface area contributed by atoms with Crippen molar-refractivity contribution in [2.24, 2.45) is 0 Å². The maximum Gasteiger partial charge on any atom is 0.336 e. The van der Waals surface area contributed by atoms with Gasteiger partial charge in [0.05, 0.1) is 11.1 Å². The van der Waals surface area contributed by atoms with Crippen LogP contribution in [0.1, 0.15) is 10.4 Å². The summed E-state index contributed by atoms with van der Waals surface area (Å²) in [6.07, 6.45) is 1.93. The second kappa shape index (κ2) is 3.10. The highest BCUT2D eigenvalue weighted by Crippen LogP contribution is 2.21.